The number of benzene rings is 2. The highest BCUT2D eigenvalue weighted by Gasteiger charge is 2.28. The van der Waals surface area contributed by atoms with Crippen LogP contribution in [0.1, 0.15) is 36.2 Å². The second-order valence-electron chi connectivity index (χ2n) is 6.76. The van der Waals surface area contributed by atoms with Crippen LogP contribution < -0.4 is 4.31 Å². The molecule has 0 fully saturated rings. The van der Waals surface area contributed by atoms with Crippen LogP contribution >= 0.6 is 11.3 Å². The molecule has 0 aliphatic heterocycles. The first-order chi connectivity index (χ1) is 14.8. The number of aromatic nitrogens is 1. The zero-order chi connectivity index (χ0) is 22.6. The summed E-state index contributed by atoms with van der Waals surface area (Å²) < 4.78 is 46.2. The van der Waals surface area contributed by atoms with E-state index in [9.17, 15) is 17.6 Å². The zero-order valence-electron chi connectivity index (χ0n) is 17.5. The monoisotopic (exact) mass is 462 g/mol. The topological polar surface area (TPSA) is 76.6 Å². The quantitative estimate of drug-likeness (QED) is 0.445. The average Bonchev–Trinajstić information content (AvgIpc) is 3.26. The number of sulfonamides is 1. The number of carbonyl (C=O) groups excluding carboxylic acids is 1. The van der Waals surface area contributed by atoms with E-state index in [1.54, 1.807) is 23.6 Å². The molecule has 0 bridgehead atoms. The number of thiazole rings is 1. The maximum atomic E-state index is 13.5. The molecule has 0 amide bonds. The normalized spacial score (nSPS) is 11.4. The number of hydrogen-bond donors (Lipinski definition) is 0. The van der Waals surface area contributed by atoms with E-state index in [4.69, 9.17) is 4.74 Å². The summed E-state index contributed by atoms with van der Waals surface area (Å²) in [5.74, 6) is -0.652. The van der Waals surface area contributed by atoms with Gasteiger partial charge in [-0.2, -0.15) is 0 Å². The van der Waals surface area contributed by atoms with E-state index in [0.29, 0.717) is 29.0 Å². The van der Waals surface area contributed by atoms with Crippen molar-refractivity contribution in [2.75, 3.05) is 18.0 Å². The van der Waals surface area contributed by atoms with Crippen molar-refractivity contribution in [3.05, 3.63) is 64.8 Å². The van der Waals surface area contributed by atoms with Crippen LogP contribution in [-0.2, 0) is 21.2 Å². The summed E-state index contributed by atoms with van der Waals surface area (Å²) in [4.78, 5) is 16.6. The molecule has 0 atom stereocenters. The Hall–Kier alpha value is -2.78. The van der Waals surface area contributed by atoms with E-state index >= 15 is 0 Å². The number of carbonyl (C=O) groups is 1. The Bertz CT molecular complexity index is 1170. The van der Waals surface area contributed by atoms with Crippen molar-refractivity contribution < 1.29 is 22.3 Å². The van der Waals surface area contributed by atoms with E-state index in [0.717, 1.165) is 0 Å². The molecule has 6 nitrogen and oxygen atoms in total. The predicted molar refractivity (Wildman–Crippen MR) is 119 cm³/mol. The number of ether oxygens (including phenoxy) is 1. The molecule has 0 radical (unpaired) electrons. The van der Waals surface area contributed by atoms with Gasteiger partial charge in [0.15, 0.2) is 5.82 Å². The molecule has 1 aromatic heterocycles. The first-order valence-corrected chi connectivity index (χ1v) is 12.1. The number of methoxy groups -OCH3 is 1. The van der Waals surface area contributed by atoms with Crippen molar-refractivity contribution in [1.29, 1.82) is 0 Å². The summed E-state index contributed by atoms with van der Waals surface area (Å²) in [6, 6.07) is 10.4. The van der Waals surface area contributed by atoms with Gasteiger partial charge in [-0.3, -0.25) is 0 Å². The van der Waals surface area contributed by atoms with Crippen LogP contribution in [0.2, 0.25) is 0 Å². The minimum absolute atomic E-state index is 0.00474. The lowest BCUT2D eigenvalue weighted by atomic mass is 10.1. The number of aryl methyl sites for hydroxylation is 1. The minimum Gasteiger partial charge on any atom is -0.465 e. The third-order valence-corrected chi connectivity index (χ3v) is 7.40. The Balaban J connectivity index is 2.03. The minimum atomic E-state index is -3.97. The highest BCUT2D eigenvalue weighted by molar-refractivity contribution is 7.92. The van der Waals surface area contributed by atoms with Crippen molar-refractivity contribution in [3.8, 4) is 10.6 Å². The van der Waals surface area contributed by atoms with Crippen LogP contribution in [0.15, 0.2) is 52.7 Å². The van der Waals surface area contributed by atoms with E-state index in [2.05, 4.69) is 4.98 Å². The van der Waals surface area contributed by atoms with Gasteiger partial charge in [0.05, 0.1) is 17.6 Å². The van der Waals surface area contributed by atoms with Gasteiger partial charge in [0.2, 0.25) is 0 Å². The molecule has 1 heterocycles. The van der Waals surface area contributed by atoms with Crippen LogP contribution in [0.4, 0.5) is 10.2 Å². The summed E-state index contributed by atoms with van der Waals surface area (Å²) in [6.45, 7) is 3.97. The highest BCUT2D eigenvalue weighted by atomic mass is 32.2. The number of anilines is 1. The van der Waals surface area contributed by atoms with Gasteiger partial charge in [0.25, 0.3) is 10.0 Å². The van der Waals surface area contributed by atoms with Crippen LogP contribution in [0.25, 0.3) is 10.6 Å². The lowest BCUT2D eigenvalue weighted by molar-refractivity contribution is 0.0599. The molecule has 0 spiro atoms. The van der Waals surface area contributed by atoms with Crippen molar-refractivity contribution in [2.24, 2.45) is 0 Å². The van der Waals surface area contributed by atoms with E-state index < -0.39 is 16.0 Å². The number of esters is 1. The van der Waals surface area contributed by atoms with Gasteiger partial charge < -0.3 is 4.74 Å². The van der Waals surface area contributed by atoms with Crippen LogP contribution in [0, 0.1) is 5.82 Å². The molecule has 3 aromatic rings. The van der Waals surface area contributed by atoms with Gasteiger partial charge in [-0.05, 0) is 54.8 Å². The van der Waals surface area contributed by atoms with Crippen LogP contribution in [0.3, 0.4) is 0 Å². The SMILES string of the molecule is CCCN(c1csc(-c2ccc(F)cc2)n1)S(=O)(=O)c1ccc(CC)c(C(=O)OC)c1. The van der Waals surface area contributed by atoms with E-state index in [1.807, 2.05) is 13.8 Å². The van der Waals surface area contributed by atoms with Crippen LogP contribution in [-0.4, -0.2) is 33.0 Å². The Morgan fingerprint density at radius 1 is 1.16 bits per heavy atom. The first-order valence-electron chi connectivity index (χ1n) is 9.77. The second-order valence-corrected chi connectivity index (χ2v) is 9.48. The summed E-state index contributed by atoms with van der Waals surface area (Å²) in [7, 11) is -2.71. The van der Waals surface area contributed by atoms with Crippen molar-refractivity contribution in [2.45, 2.75) is 31.6 Å². The highest BCUT2D eigenvalue weighted by Crippen LogP contribution is 2.31. The third kappa shape index (κ3) is 4.77. The van der Waals surface area contributed by atoms with E-state index in [-0.39, 0.29) is 28.6 Å². The second kappa shape index (κ2) is 9.57. The van der Waals surface area contributed by atoms with Gasteiger partial charge in [-0.25, -0.2) is 26.9 Å². The maximum absolute atomic E-state index is 13.5. The number of nitrogens with zero attached hydrogens (tertiary/aromatic N) is 2. The Kier molecular flexibility index (Phi) is 7.07. The molecule has 2 aromatic carbocycles. The van der Waals surface area contributed by atoms with Gasteiger partial charge in [-0.1, -0.05) is 19.9 Å². The summed E-state index contributed by atoms with van der Waals surface area (Å²) in [5, 5.41) is 2.25. The molecule has 0 saturated carbocycles. The summed E-state index contributed by atoms with van der Waals surface area (Å²) in [5.41, 5.74) is 1.64. The number of halogens is 1. The summed E-state index contributed by atoms with van der Waals surface area (Å²) >= 11 is 1.28. The Morgan fingerprint density at radius 3 is 2.48 bits per heavy atom. The maximum Gasteiger partial charge on any atom is 0.338 e. The number of rotatable bonds is 8. The van der Waals surface area contributed by atoms with Gasteiger partial charge in [-0.15, -0.1) is 11.3 Å². The fraction of sp³-hybridized carbons (Fsp3) is 0.273. The smallest absolute Gasteiger partial charge is 0.338 e. The molecule has 164 valence electrons. The Morgan fingerprint density at radius 2 is 1.87 bits per heavy atom. The predicted octanol–water partition coefficient (Wildman–Crippen LogP) is 4.90. The molecule has 31 heavy (non-hydrogen) atoms. The molecular formula is C22H23FN2O4S2. The molecule has 0 unspecified atom stereocenters. The Labute approximate surface area is 185 Å². The zero-order valence-corrected chi connectivity index (χ0v) is 19.1. The molecule has 0 aliphatic carbocycles. The molecule has 0 N–H and O–H groups in total. The van der Waals surface area contributed by atoms with Gasteiger partial charge in [0.1, 0.15) is 10.8 Å². The fourth-order valence-electron chi connectivity index (χ4n) is 3.12. The van der Waals surface area contributed by atoms with E-state index in [1.165, 1.54) is 47.0 Å². The molecular weight excluding hydrogens is 439 g/mol. The lowest BCUT2D eigenvalue weighted by Gasteiger charge is -2.22. The molecule has 0 aliphatic rings. The van der Waals surface area contributed by atoms with Gasteiger partial charge in [0, 0.05) is 17.5 Å². The first kappa shape index (κ1) is 22.9. The molecule has 9 heteroatoms. The third-order valence-electron chi connectivity index (χ3n) is 4.72. The number of hydrogen-bond acceptors (Lipinski definition) is 6. The molecule has 3 rings (SSSR count). The van der Waals surface area contributed by atoms with Crippen molar-refractivity contribution >= 4 is 33.1 Å². The standard InChI is InChI=1S/C22H23FN2O4S2/c1-4-12-25(20-14-30-21(24-20)16-6-9-17(23)10-7-16)31(27,28)18-11-8-15(5-2)19(13-18)22(26)29-3/h6-11,13-14H,4-5,12H2,1-3H3. The average molecular weight is 463 g/mol. The summed E-state index contributed by atoms with van der Waals surface area (Å²) in [6.07, 6.45) is 1.14. The largest absolute Gasteiger partial charge is 0.465 e. The lowest BCUT2D eigenvalue weighted by Crippen LogP contribution is -2.32. The molecule has 0 saturated heterocycles. The van der Waals surface area contributed by atoms with Crippen molar-refractivity contribution in [1.82, 2.24) is 4.98 Å². The van der Waals surface area contributed by atoms with Crippen molar-refractivity contribution in [3.63, 3.8) is 0 Å². The fourth-order valence-corrected chi connectivity index (χ4v) is 5.52. The van der Waals surface area contributed by atoms with Gasteiger partial charge >= 0.3 is 5.97 Å². The van der Waals surface area contributed by atoms with Crippen LogP contribution in [0.5, 0.6) is 0 Å².